The van der Waals surface area contributed by atoms with E-state index in [0.29, 0.717) is 11.6 Å². The maximum atomic E-state index is 11.5. The van der Waals surface area contributed by atoms with Gasteiger partial charge < -0.3 is 5.32 Å². The fraction of sp³-hybridized carbons (Fsp3) is 0.400. The van der Waals surface area contributed by atoms with E-state index in [2.05, 4.69) is 17.2 Å². The van der Waals surface area contributed by atoms with E-state index in [-0.39, 0.29) is 5.75 Å². The predicted octanol–water partition coefficient (Wildman–Crippen LogP) is 2.85. The average Bonchev–Trinajstić information content (AvgIpc) is 2.81. The summed E-state index contributed by atoms with van der Waals surface area (Å²) in [5.74, 6) is 0.00524. The molecule has 0 atom stereocenters. The Morgan fingerprint density at radius 1 is 1.24 bits per heavy atom. The van der Waals surface area contributed by atoms with Crippen molar-refractivity contribution in [2.75, 3.05) is 12.8 Å². The number of thiazole rings is 1. The van der Waals surface area contributed by atoms with Gasteiger partial charge in [-0.3, -0.25) is 0 Å². The third kappa shape index (κ3) is 4.91. The number of nitrogens with one attached hydrogen (secondary N) is 1. The fourth-order valence-corrected chi connectivity index (χ4v) is 4.28. The van der Waals surface area contributed by atoms with Crippen LogP contribution in [0.5, 0.6) is 0 Å². The second-order valence-electron chi connectivity index (χ2n) is 5.00. The first kappa shape index (κ1) is 16.1. The van der Waals surface area contributed by atoms with Crippen molar-refractivity contribution in [2.45, 2.75) is 25.6 Å². The molecule has 0 spiro atoms. The van der Waals surface area contributed by atoms with E-state index in [1.807, 2.05) is 30.3 Å². The molecule has 0 unspecified atom stereocenters. The third-order valence-electron chi connectivity index (χ3n) is 2.88. The van der Waals surface area contributed by atoms with Crippen molar-refractivity contribution in [2.24, 2.45) is 0 Å². The first-order valence-corrected chi connectivity index (χ1v) is 9.79. The zero-order valence-corrected chi connectivity index (χ0v) is 13.9. The van der Waals surface area contributed by atoms with Gasteiger partial charge in [0.05, 0.1) is 10.6 Å². The van der Waals surface area contributed by atoms with Gasteiger partial charge in [0.1, 0.15) is 10.8 Å². The van der Waals surface area contributed by atoms with Crippen molar-refractivity contribution >= 4 is 21.2 Å². The molecule has 114 valence electrons. The Hall–Kier alpha value is -1.24. The van der Waals surface area contributed by atoms with Crippen molar-refractivity contribution < 1.29 is 8.42 Å². The quantitative estimate of drug-likeness (QED) is 0.796. The van der Waals surface area contributed by atoms with Crippen LogP contribution in [0.4, 0.5) is 0 Å². The molecular formula is C15H20N2O2S2. The zero-order valence-electron chi connectivity index (χ0n) is 12.3. The van der Waals surface area contributed by atoms with Gasteiger partial charge >= 0.3 is 0 Å². The highest BCUT2D eigenvalue weighted by Crippen LogP contribution is 2.31. The Bertz CT molecular complexity index is 679. The molecule has 0 saturated heterocycles. The summed E-state index contributed by atoms with van der Waals surface area (Å²) in [6, 6.07) is 9.99. The standard InChI is InChI=1S/C15H20N2O2S2/c1-3-9-16-10-13-15(12-7-5-4-6-8-12)20-14(17-13)11-21(2,18)19/h4-8,16H,3,9-11H2,1-2H3. The molecule has 0 aliphatic heterocycles. The number of nitrogens with zero attached hydrogens (tertiary/aromatic N) is 1. The summed E-state index contributed by atoms with van der Waals surface area (Å²) >= 11 is 1.47. The van der Waals surface area contributed by atoms with Crippen LogP contribution in [0.3, 0.4) is 0 Å². The van der Waals surface area contributed by atoms with Crippen LogP contribution in [-0.4, -0.2) is 26.2 Å². The SMILES string of the molecule is CCCNCc1nc(CS(C)(=O)=O)sc1-c1ccccc1. The second-order valence-corrected chi connectivity index (χ2v) is 8.22. The van der Waals surface area contributed by atoms with E-state index >= 15 is 0 Å². The molecule has 0 aliphatic rings. The molecular weight excluding hydrogens is 304 g/mol. The van der Waals surface area contributed by atoms with E-state index < -0.39 is 9.84 Å². The van der Waals surface area contributed by atoms with Gasteiger partial charge in [0.15, 0.2) is 9.84 Å². The van der Waals surface area contributed by atoms with Crippen LogP contribution < -0.4 is 5.32 Å². The van der Waals surface area contributed by atoms with Crippen molar-refractivity contribution in [3.63, 3.8) is 0 Å². The lowest BCUT2D eigenvalue weighted by Gasteiger charge is -2.03. The maximum absolute atomic E-state index is 11.5. The number of benzene rings is 1. The van der Waals surface area contributed by atoms with E-state index in [1.165, 1.54) is 17.6 Å². The van der Waals surface area contributed by atoms with E-state index in [0.717, 1.165) is 29.1 Å². The Labute approximate surface area is 130 Å². The molecule has 2 aromatic rings. The minimum Gasteiger partial charge on any atom is -0.311 e. The average molecular weight is 324 g/mol. The molecule has 0 fully saturated rings. The van der Waals surface area contributed by atoms with Crippen LogP contribution in [0.1, 0.15) is 24.0 Å². The smallest absolute Gasteiger partial charge is 0.153 e. The summed E-state index contributed by atoms with van der Waals surface area (Å²) in [7, 11) is -3.06. The van der Waals surface area contributed by atoms with Crippen molar-refractivity contribution in [1.82, 2.24) is 10.3 Å². The topological polar surface area (TPSA) is 59.1 Å². The molecule has 6 heteroatoms. The van der Waals surface area contributed by atoms with Crippen LogP contribution in [0.2, 0.25) is 0 Å². The normalized spacial score (nSPS) is 11.7. The maximum Gasteiger partial charge on any atom is 0.153 e. The summed E-state index contributed by atoms with van der Waals surface area (Å²) in [4.78, 5) is 5.57. The lowest BCUT2D eigenvalue weighted by molar-refractivity contribution is 0.601. The highest BCUT2D eigenvalue weighted by molar-refractivity contribution is 7.90. The van der Waals surface area contributed by atoms with Crippen LogP contribution in [0.15, 0.2) is 30.3 Å². The van der Waals surface area contributed by atoms with Gasteiger partial charge in [-0.05, 0) is 18.5 Å². The lowest BCUT2D eigenvalue weighted by Crippen LogP contribution is -2.14. The molecule has 0 amide bonds. The van der Waals surface area contributed by atoms with Gasteiger partial charge in [-0.25, -0.2) is 13.4 Å². The summed E-state index contributed by atoms with van der Waals surface area (Å²) in [5, 5.41) is 3.99. The van der Waals surface area contributed by atoms with Crippen LogP contribution in [0, 0.1) is 0 Å². The molecule has 1 aromatic carbocycles. The van der Waals surface area contributed by atoms with Crippen LogP contribution >= 0.6 is 11.3 Å². The van der Waals surface area contributed by atoms with E-state index in [4.69, 9.17) is 0 Å². The number of hydrogen-bond acceptors (Lipinski definition) is 5. The number of rotatable bonds is 7. The molecule has 0 radical (unpaired) electrons. The van der Waals surface area contributed by atoms with Crippen molar-refractivity contribution in [1.29, 1.82) is 0 Å². The Morgan fingerprint density at radius 3 is 2.57 bits per heavy atom. The Morgan fingerprint density at radius 2 is 1.95 bits per heavy atom. The molecule has 0 aliphatic carbocycles. The van der Waals surface area contributed by atoms with Gasteiger partial charge in [-0.1, -0.05) is 37.3 Å². The number of aromatic nitrogens is 1. The number of hydrogen-bond donors (Lipinski definition) is 1. The van der Waals surface area contributed by atoms with Crippen molar-refractivity contribution in [3.05, 3.63) is 41.0 Å². The minimum atomic E-state index is -3.06. The van der Waals surface area contributed by atoms with Crippen LogP contribution in [-0.2, 0) is 22.1 Å². The molecule has 4 nitrogen and oxygen atoms in total. The molecule has 0 saturated carbocycles. The molecule has 0 bridgehead atoms. The summed E-state index contributed by atoms with van der Waals surface area (Å²) in [5.41, 5.74) is 2.02. The molecule has 1 N–H and O–H groups in total. The summed E-state index contributed by atoms with van der Waals surface area (Å²) in [6.45, 7) is 3.70. The van der Waals surface area contributed by atoms with Crippen molar-refractivity contribution in [3.8, 4) is 10.4 Å². The largest absolute Gasteiger partial charge is 0.311 e. The van der Waals surface area contributed by atoms with Gasteiger partial charge in [0.2, 0.25) is 0 Å². The van der Waals surface area contributed by atoms with Gasteiger partial charge in [0, 0.05) is 12.8 Å². The summed E-state index contributed by atoms with van der Waals surface area (Å²) in [6.07, 6.45) is 2.30. The molecule has 1 aromatic heterocycles. The molecule has 2 rings (SSSR count). The summed E-state index contributed by atoms with van der Waals surface area (Å²) < 4.78 is 22.9. The Kier molecular flexibility index (Phi) is 5.50. The fourth-order valence-electron chi connectivity index (χ4n) is 2.01. The molecule has 21 heavy (non-hydrogen) atoms. The van der Waals surface area contributed by atoms with Gasteiger partial charge in [-0.2, -0.15) is 0 Å². The highest BCUT2D eigenvalue weighted by atomic mass is 32.2. The molecule has 1 heterocycles. The van der Waals surface area contributed by atoms with Gasteiger partial charge in [0.25, 0.3) is 0 Å². The van der Waals surface area contributed by atoms with E-state index in [1.54, 1.807) is 0 Å². The first-order valence-electron chi connectivity index (χ1n) is 6.92. The first-order chi connectivity index (χ1) is 9.99. The second kappa shape index (κ2) is 7.15. The van der Waals surface area contributed by atoms with Gasteiger partial charge in [-0.15, -0.1) is 11.3 Å². The van der Waals surface area contributed by atoms with Crippen LogP contribution in [0.25, 0.3) is 10.4 Å². The lowest BCUT2D eigenvalue weighted by atomic mass is 10.1. The highest BCUT2D eigenvalue weighted by Gasteiger charge is 2.15. The third-order valence-corrected chi connectivity index (χ3v) is 5.01. The predicted molar refractivity (Wildman–Crippen MR) is 88.1 cm³/mol. The van der Waals surface area contributed by atoms with E-state index in [9.17, 15) is 8.42 Å². The minimum absolute atomic E-state index is 0.00524. The Balaban J connectivity index is 2.31. The monoisotopic (exact) mass is 324 g/mol. The number of sulfone groups is 1. The zero-order chi connectivity index (χ0) is 15.3.